The normalized spacial score (nSPS) is 28.7. The number of ketones is 2. The van der Waals surface area contributed by atoms with Crippen LogP contribution in [0, 0.1) is 11.8 Å². The summed E-state index contributed by atoms with van der Waals surface area (Å²) in [6, 6.07) is 10.2. The van der Waals surface area contributed by atoms with Crippen molar-refractivity contribution in [1.82, 2.24) is 4.90 Å². The van der Waals surface area contributed by atoms with Gasteiger partial charge in [-0.05, 0) is 5.56 Å². The molecule has 0 bridgehead atoms. The van der Waals surface area contributed by atoms with Crippen molar-refractivity contribution in [2.75, 3.05) is 13.1 Å². The molecule has 1 aromatic carbocycles. The second-order valence-corrected chi connectivity index (χ2v) is 5.00. The van der Waals surface area contributed by atoms with Crippen LogP contribution < -0.4 is 0 Å². The number of hydrogen-bond donors (Lipinski definition) is 0. The first-order chi connectivity index (χ1) is 8.24. The molecule has 3 heteroatoms. The van der Waals surface area contributed by atoms with Gasteiger partial charge >= 0.3 is 0 Å². The van der Waals surface area contributed by atoms with Crippen molar-refractivity contribution in [1.29, 1.82) is 0 Å². The Morgan fingerprint density at radius 1 is 1.00 bits per heavy atom. The number of likely N-dealkylation sites (tertiary alicyclic amines) is 1. The molecule has 2 aliphatic rings. The molecule has 1 aliphatic heterocycles. The third-order valence-corrected chi connectivity index (χ3v) is 3.82. The van der Waals surface area contributed by atoms with Crippen molar-refractivity contribution < 1.29 is 9.59 Å². The highest BCUT2D eigenvalue weighted by atomic mass is 16.2. The van der Waals surface area contributed by atoms with E-state index < -0.39 is 0 Å². The average Bonchev–Trinajstić information content (AvgIpc) is 2.83. The molecular weight excluding hydrogens is 214 g/mol. The number of fused-ring (bicyclic) bond motifs is 1. The fourth-order valence-electron chi connectivity index (χ4n) is 2.94. The molecule has 3 rings (SSSR count). The lowest BCUT2D eigenvalue weighted by Crippen LogP contribution is -2.23. The van der Waals surface area contributed by atoms with Crippen LogP contribution >= 0.6 is 0 Å². The molecule has 1 saturated heterocycles. The van der Waals surface area contributed by atoms with Gasteiger partial charge in [0.25, 0.3) is 0 Å². The molecule has 1 heterocycles. The highest BCUT2D eigenvalue weighted by Gasteiger charge is 2.46. The van der Waals surface area contributed by atoms with Crippen LogP contribution in [0.25, 0.3) is 0 Å². The number of carbonyl (C=O) groups excluding carboxylic acids is 2. The Morgan fingerprint density at radius 2 is 1.59 bits per heavy atom. The zero-order chi connectivity index (χ0) is 11.8. The number of hydrogen-bond acceptors (Lipinski definition) is 3. The fraction of sp³-hybridized carbons (Fsp3) is 0.429. The lowest BCUT2D eigenvalue weighted by molar-refractivity contribution is -0.123. The summed E-state index contributed by atoms with van der Waals surface area (Å²) >= 11 is 0. The predicted molar refractivity (Wildman–Crippen MR) is 63.3 cm³/mol. The minimum Gasteiger partial charge on any atom is -0.299 e. The topological polar surface area (TPSA) is 37.4 Å². The maximum absolute atomic E-state index is 11.6. The number of benzene rings is 1. The first-order valence-electron chi connectivity index (χ1n) is 6.06. The summed E-state index contributed by atoms with van der Waals surface area (Å²) in [5, 5.41) is 0. The highest BCUT2D eigenvalue weighted by molar-refractivity contribution is 6.09. The summed E-state index contributed by atoms with van der Waals surface area (Å²) in [6.45, 7) is 2.35. The Morgan fingerprint density at radius 3 is 2.18 bits per heavy atom. The maximum atomic E-state index is 11.6. The van der Waals surface area contributed by atoms with E-state index in [1.54, 1.807) is 0 Å². The summed E-state index contributed by atoms with van der Waals surface area (Å²) in [5.41, 5.74) is 1.24. The molecule has 0 radical (unpaired) electrons. The summed E-state index contributed by atoms with van der Waals surface area (Å²) < 4.78 is 0. The first kappa shape index (κ1) is 10.7. The van der Waals surface area contributed by atoms with E-state index in [0.29, 0.717) is 0 Å². The molecule has 1 saturated carbocycles. The van der Waals surface area contributed by atoms with Gasteiger partial charge in [-0.25, -0.2) is 0 Å². The monoisotopic (exact) mass is 229 g/mol. The van der Waals surface area contributed by atoms with Crippen molar-refractivity contribution in [3.8, 4) is 0 Å². The first-order valence-corrected chi connectivity index (χ1v) is 6.06. The molecule has 1 aliphatic carbocycles. The number of nitrogens with zero attached hydrogens (tertiary/aromatic N) is 1. The molecule has 3 nitrogen and oxygen atoms in total. The van der Waals surface area contributed by atoms with Gasteiger partial charge in [-0.2, -0.15) is 0 Å². The molecule has 0 spiro atoms. The Hall–Kier alpha value is -1.48. The van der Waals surface area contributed by atoms with Crippen molar-refractivity contribution in [3.05, 3.63) is 35.9 Å². The SMILES string of the molecule is O=C1CC(=O)[C@@H]2CN(Cc3ccccc3)C[C@H]12. The molecule has 17 heavy (non-hydrogen) atoms. The Bertz CT molecular complexity index is 433. The van der Waals surface area contributed by atoms with Gasteiger partial charge in [0.15, 0.2) is 0 Å². The quantitative estimate of drug-likeness (QED) is 0.717. The van der Waals surface area contributed by atoms with Crippen molar-refractivity contribution in [3.63, 3.8) is 0 Å². The predicted octanol–water partition coefficient (Wildman–Crippen LogP) is 1.28. The van der Waals surface area contributed by atoms with E-state index in [-0.39, 0.29) is 29.8 Å². The van der Waals surface area contributed by atoms with E-state index in [1.165, 1.54) is 5.56 Å². The van der Waals surface area contributed by atoms with Gasteiger partial charge in [-0.15, -0.1) is 0 Å². The van der Waals surface area contributed by atoms with Gasteiger partial charge in [0.2, 0.25) is 0 Å². The van der Waals surface area contributed by atoms with Crippen LogP contribution in [0.1, 0.15) is 12.0 Å². The summed E-state index contributed by atoms with van der Waals surface area (Å²) in [4.78, 5) is 25.5. The second-order valence-electron chi connectivity index (χ2n) is 5.00. The van der Waals surface area contributed by atoms with Crippen LogP contribution in [0.4, 0.5) is 0 Å². The Balaban J connectivity index is 1.69. The molecule has 0 N–H and O–H groups in total. The minimum atomic E-state index is -0.0220. The van der Waals surface area contributed by atoms with E-state index in [2.05, 4.69) is 17.0 Å². The second kappa shape index (κ2) is 4.08. The molecule has 0 amide bonds. The molecule has 0 aromatic heterocycles. The van der Waals surface area contributed by atoms with Crippen LogP contribution in [0.15, 0.2) is 30.3 Å². The Kier molecular flexibility index (Phi) is 2.56. The molecule has 2 fully saturated rings. The van der Waals surface area contributed by atoms with E-state index in [0.717, 1.165) is 19.6 Å². The lowest BCUT2D eigenvalue weighted by Gasteiger charge is -2.16. The number of Topliss-reactive ketones (excluding diaryl/α,β-unsaturated/α-hetero) is 2. The summed E-state index contributed by atoms with van der Waals surface area (Å²) in [7, 11) is 0. The molecule has 2 atom stereocenters. The number of carbonyl (C=O) groups is 2. The van der Waals surface area contributed by atoms with Gasteiger partial charge in [-0.1, -0.05) is 30.3 Å². The standard InChI is InChI=1S/C14H15NO2/c16-13-6-14(17)12-9-15(8-11(12)13)7-10-4-2-1-3-5-10/h1-5,11-12H,6-9H2/t11-,12+. The van der Waals surface area contributed by atoms with E-state index in [4.69, 9.17) is 0 Å². The van der Waals surface area contributed by atoms with E-state index >= 15 is 0 Å². The van der Waals surface area contributed by atoms with Crippen LogP contribution in [0.2, 0.25) is 0 Å². The largest absolute Gasteiger partial charge is 0.299 e. The zero-order valence-electron chi connectivity index (χ0n) is 9.63. The lowest BCUT2D eigenvalue weighted by atomic mass is 10.00. The molecule has 0 unspecified atom stereocenters. The zero-order valence-corrected chi connectivity index (χ0v) is 9.63. The summed E-state index contributed by atoms with van der Waals surface area (Å²) in [6.07, 6.45) is 0.175. The van der Waals surface area contributed by atoms with Gasteiger partial charge < -0.3 is 0 Å². The Labute approximate surface area is 100 Å². The van der Waals surface area contributed by atoms with Gasteiger partial charge in [0, 0.05) is 31.5 Å². The van der Waals surface area contributed by atoms with Gasteiger partial charge in [0.1, 0.15) is 11.6 Å². The maximum Gasteiger partial charge on any atom is 0.145 e. The van der Waals surface area contributed by atoms with Gasteiger partial charge in [-0.3, -0.25) is 14.5 Å². The van der Waals surface area contributed by atoms with E-state index in [9.17, 15) is 9.59 Å². The average molecular weight is 229 g/mol. The minimum absolute atomic E-state index is 0.0220. The molecular formula is C14H15NO2. The van der Waals surface area contributed by atoms with Crippen molar-refractivity contribution in [2.45, 2.75) is 13.0 Å². The van der Waals surface area contributed by atoms with Crippen molar-refractivity contribution in [2.24, 2.45) is 11.8 Å². The molecule has 1 aromatic rings. The fourth-order valence-corrected chi connectivity index (χ4v) is 2.94. The summed E-state index contributed by atoms with van der Waals surface area (Å²) in [5.74, 6) is 0.253. The highest BCUT2D eigenvalue weighted by Crippen LogP contribution is 2.33. The van der Waals surface area contributed by atoms with Crippen LogP contribution in [-0.4, -0.2) is 29.6 Å². The van der Waals surface area contributed by atoms with Crippen molar-refractivity contribution >= 4 is 11.6 Å². The van der Waals surface area contributed by atoms with Crippen LogP contribution in [0.3, 0.4) is 0 Å². The molecule has 88 valence electrons. The van der Waals surface area contributed by atoms with Crippen LogP contribution in [-0.2, 0) is 16.1 Å². The van der Waals surface area contributed by atoms with Gasteiger partial charge in [0.05, 0.1) is 6.42 Å². The smallest absolute Gasteiger partial charge is 0.145 e. The van der Waals surface area contributed by atoms with Crippen LogP contribution in [0.5, 0.6) is 0 Å². The number of rotatable bonds is 2. The third kappa shape index (κ3) is 1.91. The van der Waals surface area contributed by atoms with E-state index in [1.807, 2.05) is 18.2 Å². The third-order valence-electron chi connectivity index (χ3n) is 3.82.